The predicted octanol–water partition coefficient (Wildman–Crippen LogP) is 1.76. The minimum absolute atomic E-state index is 0.636. The van der Waals surface area contributed by atoms with Crippen molar-refractivity contribution in [3.8, 4) is 0 Å². The van der Waals surface area contributed by atoms with Crippen molar-refractivity contribution < 1.29 is 0 Å². The second-order valence-corrected chi connectivity index (χ2v) is 4.92. The van der Waals surface area contributed by atoms with Gasteiger partial charge in [-0.15, -0.1) is 0 Å². The molecule has 78 valence electrons. The van der Waals surface area contributed by atoms with Gasteiger partial charge in [0, 0.05) is 18.1 Å². The fourth-order valence-electron chi connectivity index (χ4n) is 1.91. The largest absolute Gasteiger partial charge is 0.314 e. The molecule has 0 aromatic carbocycles. The van der Waals surface area contributed by atoms with Crippen LogP contribution >= 0.6 is 0 Å². The molecule has 0 aliphatic heterocycles. The first kappa shape index (κ1) is 11.0. The van der Waals surface area contributed by atoms with E-state index in [9.17, 15) is 0 Å². The molecule has 1 aliphatic rings. The van der Waals surface area contributed by atoms with Gasteiger partial charge in [0.15, 0.2) is 0 Å². The second kappa shape index (κ2) is 4.97. The van der Waals surface area contributed by atoms with E-state index in [2.05, 4.69) is 38.3 Å². The monoisotopic (exact) mass is 184 g/mol. The lowest BCUT2D eigenvalue weighted by atomic mass is 9.80. The molecule has 0 spiro atoms. The van der Waals surface area contributed by atoms with Crippen LogP contribution < -0.4 is 10.6 Å². The first-order valence-electron chi connectivity index (χ1n) is 5.57. The van der Waals surface area contributed by atoms with E-state index in [1.165, 1.54) is 19.4 Å². The lowest BCUT2D eigenvalue weighted by Gasteiger charge is -2.37. The van der Waals surface area contributed by atoms with Gasteiger partial charge in [-0.2, -0.15) is 0 Å². The van der Waals surface area contributed by atoms with Gasteiger partial charge in [0.2, 0.25) is 0 Å². The van der Waals surface area contributed by atoms with Gasteiger partial charge in [-0.1, -0.05) is 27.7 Å². The van der Waals surface area contributed by atoms with Crippen molar-refractivity contribution in [3.05, 3.63) is 0 Å². The lowest BCUT2D eigenvalue weighted by molar-refractivity contribution is 0.203. The molecule has 2 nitrogen and oxygen atoms in total. The van der Waals surface area contributed by atoms with Gasteiger partial charge >= 0.3 is 0 Å². The van der Waals surface area contributed by atoms with Crippen LogP contribution in [0.25, 0.3) is 0 Å². The predicted molar refractivity (Wildman–Crippen MR) is 57.9 cm³/mol. The van der Waals surface area contributed by atoms with E-state index in [-0.39, 0.29) is 0 Å². The van der Waals surface area contributed by atoms with Crippen LogP contribution in [0.2, 0.25) is 0 Å². The molecule has 1 saturated carbocycles. The Bertz CT molecular complexity index is 137. The average Bonchev–Trinajstić information content (AvgIpc) is 1.92. The molecule has 0 radical (unpaired) electrons. The van der Waals surface area contributed by atoms with E-state index >= 15 is 0 Å². The quantitative estimate of drug-likeness (QED) is 0.680. The Hall–Kier alpha value is -0.0800. The van der Waals surface area contributed by atoms with Crippen molar-refractivity contribution >= 4 is 0 Å². The Morgan fingerprint density at radius 1 is 1.08 bits per heavy atom. The molecule has 0 bridgehead atoms. The summed E-state index contributed by atoms with van der Waals surface area (Å²) in [6.45, 7) is 10.1. The Labute approximate surface area is 82.5 Å². The number of rotatable bonds is 5. The highest BCUT2D eigenvalue weighted by Crippen LogP contribution is 2.26. The van der Waals surface area contributed by atoms with E-state index in [0.29, 0.717) is 12.1 Å². The van der Waals surface area contributed by atoms with Gasteiger partial charge in [-0.25, -0.2) is 0 Å². The Morgan fingerprint density at radius 2 is 1.69 bits per heavy atom. The number of hydrogen-bond acceptors (Lipinski definition) is 2. The first-order chi connectivity index (χ1) is 6.08. The highest BCUT2D eigenvalue weighted by Gasteiger charge is 2.28. The SMILES string of the molecule is CC(C)NCC1CC(NC(C)C)C1. The average molecular weight is 184 g/mol. The van der Waals surface area contributed by atoms with Gasteiger partial charge in [0.05, 0.1) is 0 Å². The summed E-state index contributed by atoms with van der Waals surface area (Å²) >= 11 is 0. The van der Waals surface area contributed by atoms with E-state index in [0.717, 1.165) is 12.0 Å². The fraction of sp³-hybridized carbons (Fsp3) is 1.00. The van der Waals surface area contributed by atoms with E-state index in [4.69, 9.17) is 0 Å². The Balaban J connectivity index is 1.98. The van der Waals surface area contributed by atoms with Crippen molar-refractivity contribution in [2.45, 2.75) is 58.7 Å². The van der Waals surface area contributed by atoms with Crippen molar-refractivity contribution in [2.24, 2.45) is 5.92 Å². The first-order valence-corrected chi connectivity index (χ1v) is 5.57. The summed E-state index contributed by atoms with van der Waals surface area (Å²) < 4.78 is 0. The molecule has 0 amide bonds. The molecule has 2 heteroatoms. The van der Waals surface area contributed by atoms with Gasteiger partial charge in [0.25, 0.3) is 0 Å². The smallest absolute Gasteiger partial charge is 0.00756 e. The molecule has 1 aliphatic carbocycles. The van der Waals surface area contributed by atoms with Gasteiger partial charge in [0.1, 0.15) is 0 Å². The molecule has 0 aromatic rings. The molecule has 0 saturated heterocycles. The van der Waals surface area contributed by atoms with Crippen LogP contribution in [0, 0.1) is 5.92 Å². The lowest BCUT2D eigenvalue weighted by Crippen LogP contribution is -2.47. The standard InChI is InChI=1S/C11H24N2/c1-8(2)12-7-10-5-11(6-10)13-9(3)4/h8-13H,5-7H2,1-4H3. The zero-order valence-corrected chi connectivity index (χ0v) is 9.43. The summed E-state index contributed by atoms with van der Waals surface area (Å²) in [5, 5.41) is 7.06. The van der Waals surface area contributed by atoms with E-state index in [1.54, 1.807) is 0 Å². The summed E-state index contributed by atoms with van der Waals surface area (Å²) in [7, 11) is 0. The third kappa shape index (κ3) is 4.10. The van der Waals surface area contributed by atoms with Crippen LogP contribution in [0.3, 0.4) is 0 Å². The zero-order chi connectivity index (χ0) is 9.84. The minimum atomic E-state index is 0.636. The van der Waals surface area contributed by atoms with Crippen molar-refractivity contribution in [2.75, 3.05) is 6.54 Å². The van der Waals surface area contributed by atoms with Gasteiger partial charge in [-0.05, 0) is 25.3 Å². The molecule has 0 heterocycles. The third-order valence-corrected chi connectivity index (χ3v) is 2.62. The molecule has 1 fully saturated rings. The second-order valence-electron chi connectivity index (χ2n) is 4.92. The van der Waals surface area contributed by atoms with Crippen LogP contribution in [-0.4, -0.2) is 24.7 Å². The molecule has 0 atom stereocenters. The molecule has 2 N–H and O–H groups in total. The maximum Gasteiger partial charge on any atom is 0.00756 e. The maximum absolute atomic E-state index is 3.57. The van der Waals surface area contributed by atoms with Crippen molar-refractivity contribution in [3.63, 3.8) is 0 Å². The van der Waals surface area contributed by atoms with Crippen molar-refractivity contribution in [1.82, 2.24) is 10.6 Å². The van der Waals surface area contributed by atoms with Crippen LogP contribution in [-0.2, 0) is 0 Å². The minimum Gasteiger partial charge on any atom is -0.314 e. The summed E-state index contributed by atoms with van der Waals surface area (Å²) in [5.41, 5.74) is 0. The topological polar surface area (TPSA) is 24.1 Å². The number of nitrogens with one attached hydrogen (secondary N) is 2. The highest BCUT2D eigenvalue weighted by atomic mass is 15.0. The highest BCUT2D eigenvalue weighted by molar-refractivity contribution is 4.87. The molecule has 0 aromatic heterocycles. The van der Waals surface area contributed by atoms with Gasteiger partial charge in [-0.3, -0.25) is 0 Å². The molecule has 1 rings (SSSR count). The van der Waals surface area contributed by atoms with Crippen molar-refractivity contribution in [1.29, 1.82) is 0 Å². The van der Waals surface area contributed by atoms with E-state index in [1.807, 2.05) is 0 Å². The van der Waals surface area contributed by atoms with Crippen LogP contribution in [0.4, 0.5) is 0 Å². The number of hydrogen-bond donors (Lipinski definition) is 2. The molecular weight excluding hydrogens is 160 g/mol. The summed E-state index contributed by atoms with van der Waals surface area (Å²) in [5.74, 6) is 0.915. The zero-order valence-electron chi connectivity index (χ0n) is 9.43. The van der Waals surface area contributed by atoms with Crippen LogP contribution in [0.5, 0.6) is 0 Å². The third-order valence-electron chi connectivity index (χ3n) is 2.62. The van der Waals surface area contributed by atoms with Crippen LogP contribution in [0.1, 0.15) is 40.5 Å². The Morgan fingerprint density at radius 3 is 2.15 bits per heavy atom. The summed E-state index contributed by atoms with van der Waals surface area (Å²) in [6, 6.07) is 2.07. The normalized spacial score (nSPS) is 28.2. The summed E-state index contributed by atoms with van der Waals surface area (Å²) in [4.78, 5) is 0. The fourth-order valence-corrected chi connectivity index (χ4v) is 1.91. The maximum atomic E-state index is 3.57. The molecular formula is C11H24N2. The Kier molecular flexibility index (Phi) is 4.20. The van der Waals surface area contributed by atoms with E-state index < -0.39 is 0 Å². The van der Waals surface area contributed by atoms with Crippen LogP contribution in [0.15, 0.2) is 0 Å². The van der Waals surface area contributed by atoms with Gasteiger partial charge < -0.3 is 10.6 Å². The summed E-state index contributed by atoms with van der Waals surface area (Å²) in [6.07, 6.45) is 2.72. The molecule has 0 unspecified atom stereocenters. The molecule has 13 heavy (non-hydrogen) atoms.